The second kappa shape index (κ2) is 6.18. The first-order valence-electron chi connectivity index (χ1n) is 6.59. The number of aliphatic carboxylic acids is 1. The van der Waals surface area contributed by atoms with Crippen LogP contribution in [0.15, 0.2) is 0 Å². The van der Waals surface area contributed by atoms with Gasteiger partial charge in [0.2, 0.25) is 5.91 Å². The van der Waals surface area contributed by atoms with E-state index in [1.807, 2.05) is 20.8 Å². The van der Waals surface area contributed by atoms with Gasteiger partial charge < -0.3 is 15.7 Å². The monoisotopic (exact) mass is 256 g/mol. The third kappa shape index (κ3) is 4.29. The third-order valence-corrected chi connectivity index (χ3v) is 3.28. The second-order valence-corrected chi connectivity index (χ2v) is 6.00. The number of amides is 1. The average Bonchev–Trinajstić information content (AvgIpc) is 2.51. The van der Waals surface area contributed by atoms with Crippen LogP contribution < -0.4 is 10.6 Å². The summed E-state index contributed by atoms with van der Waals surface area (Å²) in [6, 6.07) is -1.10. The van der Waals surface area contributed by atoms with Crippen LogP contribution in [0, 0.1) is 5.41 Å². The first-order valence-corrected chi connectivity index (χ1v) is 6.59. The van der Waals surface area contributed by atoms with Gasteiger partial charge in [0.25, 0.3) is 0 Å². The van der Waals surface area contributed by atoms with E-state index in [1.165, 1.54) is 0 Å². The largest absolute Gasteiger partial charge is 0.480 e. The van der Waals surface area contributed by atoms with E-state index in [-0.39, 0.29) is 11.9 Å². The Balaban J connectivity index is 2.63. The van der Waals surface area contributed by atoms with Crippen molar-refractivity contribution in [3.63, 3.8) is 0 Å². The molecule has 0 radical (unpaired) electrons. The average molecular weight is 256 g/mol. The Kier molecular flexibility index (Phi) is 5.14. The van der Waals surface area contributed by atoms with Gasteiger partial charge in [-0.05, 0) is 24.8 Å². The van der Waals surface area contributed by atoms with Gasteiger partial charge in [0.05, 0.1) is 6.04 Å². The molecule has 1 unspecified atom stereocenters. The molecule has 1 aliphatic rings. The Morgan fingerprint density at radius 3 is 2.50 bits per heavy atom. The number of rotatable bonds is 3. The lowest BCUT2D eigenvalue weighted by Gasteiger charge is -2.29. The highest BCUT2D eigenvalue weighted by Crippen LogP contribution is 2.20. The molecule has 104 valence electrons. The molecule has 2 atom stereocenters. The van der Waals surface area contributed by atoms with E-state index >= 15 is 0 Å². The smallest absolute Gasteiger partial charge is 0.326 e. The lowest BCUT2D eigenvalue weighted by Crippen LogP contribution is -2.54. The SMILES string of the molecule is CC(C)(C)[C@@H](NC(=O)C1CCCCCN1)C(=O)O. The first-order chi connectivity index (χ1) is 8.32. The number of carbonyl (C=O) groups is 2. The van der Waals surface area contributed by atoms with Crippen LogP contribution in [0.3, 0.4) is 0 Å². The zero-order chi connectivity index (χ0) is 13.8. The normalized spacial score (nSPS) is 22.9. The van der Waals surface area contributed by atoms with Crippen LogP contribution in [0.2, 0.25) is 0 Å². The highest BCUT2D eigenvalue weighted by atomic mass is 16.4. The third-order valence-electron chi connectivity index (χ3n) is 3.28. The molecule has 0 aromatic heterocycles. The van der Waals surface area contributed by atoms with E-state index in [0.29, 0.717) is 0 Å². The summed E-state index contributed by atoms with van der Waals surface area (Å²) < 4.78 is 0. The van der Waals surface area contributed by atoms with Crippen molar-refractivity contribution in [3.05, 3.63) is 0 Å². The predicted octanol–water partition coefficient (Wildman–Crippen LogP) is 1.13. The number of carboxylic acids is 1. The number of nitrogens with one attached hydrogen (secondary N) is 2. The molecule has 1 aliphatic heterocycles. The van der Waals surface area contributed by atoms with Crippen LogP contribution in [0.5, 0.6) is 0 Å². The number of carbonyl (C=O) groups excluding carboxylic acids is 1. The van der Waals surface area contributed by atoms with Crippen LogP contribution in [0.4, 0.5) is 0 Å². The first kappa shape index (κ1) is 15.0. The van der Waals surface area contributed by atoms with Crippen molar-refractivity contribution in [2.45, 2.75) is 58.5 Å². The topological polar surface area (TPSA) is 78.4 Å². The summed E-state index contributed by atoms with van der Waals surface area (Å²) >= 11 is 0. The molecular formula is C13H24N2O3. The molecule has 0 aromatic rings. The zero-order valence-corrected chi connectivity index (χ0v) is 11.5. The molecule has 1 fully saturated rings. The summed E-state index contributed by atoms with van der Waals surface area (Å²) in [4.78, 5) is 23.3. The van der Waals surface area contributed by atoms with Crippen molar-refractivity contribution in [1.82, 2.24) is 10.6 Å². The molecule has 0 saturated carbocycles. The molecule has 1 rings (SSSR count). The van der Waals surface area contributed by atoms with Crippen molar-refractivity contribution in [2.75, 3.05) is 6.54 Å². The van der Waals surface area contributed by atoms with Gasteiger partial charge >= 0.3 is 5.97 Å². The second-order valence-electron chi connectivity index (χ2n) is 6.00. The van der Waals surface area contributed by atoms with Gasteiger partial charge in [-0.1, -0.05) is 33.6 Å². The summed E-state index contributed by atoms with van der Waals surface area (Å²) in [6.07, 6.45) is 3.99. The van der Waals surface area contributed by atoms with Crippen molar-refractivity contribution in [1.29, 1.82) is 0 Å². The molecule has 5 nitrogen and oxygen atoms in total. The summed E-state index contributed by atoms with van der Waals surface area (Å²) in [5.74, 6) is -1.18. The number of carboxylic acid groups (broad SMARTS) is 1. The summed E-state index contributed by atoms with van der Waals surface area (Å²) in [7, 11) is 0. The zero-order valence-electron chi connectivity index (χ0n) is 11.5. The van der Waals surface area contributed by atoms with E-state index < -0.39 is 17.4 Å². The quantitative estimate of drug-likeness (QED) is 0.707. The van der Waals surface area contributed by atoms with Gasteiger partial charge in [-0.2, -0.15) is 0 Å². The van der Waals surface area contributed by atoms with Gasteiger partial charge in [-0.3, -0.25) is 4.79 Å². The Hall–Kier alpha value is -1.10. The maximum absolute atomic E-state index is 12.1. The Morgan fingerprint density at radius 2 is 1.94 bits per heavy atom. The van der Waals surface area contributed by atoms with E-state index in [4.69, 9.17) is 0 Å². The van der Waals surface area contributed by atoms with Crippen LogP contribution >= 0.6 is 0 Å². The number of hydrogen-bond donors (Lipinski definition) is 3. The number of hydrogen-bond acceptors (Lipinski definition) is 3. The van der Waals surface area contributed by atoms with E-state index in [9.17, 15) is 14.7 Å². The summed E-state index contributed by atoms with van der Waals surface area (Å²) in [6.45, 7) is 6.26. The van der Waals surface area contributed by atoms with Crippen LogP contribution in [0.25, 0.3) is 0 Å². The Bertz CT molecular complexity index is 302. The lowest BCUT2D eigenvalue weighted by molar-refractivity contribution is -0.145. The minimum Gasteiger partial charge on any atom is -0.480 e. The molecule has 1 amide bonds. The van der Waals surface area contributed by atoms with Gasteiger partial charge in [0.1, 0.15) is 6.04 Å². The minimum atomic E-state index is -0.982. The molecule has 1 heterocycles. The van der Waals surface area contributed by atoms with E-state index in [1.54, 1.807) is 0 Å². The van der Waals surface area contributed by atoms with Gasteiger partial charge in [-0.15, -0.1) is 0 Å². The van der Waals surface area contributed by atoms with Crippen molar-refractivity contribution < 1.29 is 14.7 Å². The lowest BCUT2D eigenvalue weighted by atomic mass is 9.86. The highest BCUT2D eigenvalue weighted by molar-refractivity contribution is 5.87. The van der Waals surface area contributed by atoms with Crippen molar-refractivity contribution in [2.24, 2.45) is 5.41 Å². The molecular weight excluding hydrogens is 232 g/mol. The Labute approximate surface area is 108 Å². The molecule has 0 aliphatic carbocycles. The standard InChI is InChI=1S/C13H24N2O3/c1-13(2,3)10(12(17)18)15-11(16)9-7-5-4-6-8-14-9/h9-10,14H,4-8H2,1-3H3,(H,15,16)(H,17,18)/t9?,10-/m0/s1. The van der Waals surface area contributed by atoms with Crippen LogP contribution in [0.1, 0.15) is 46.5 Å². The predicted molar refractivity (Wildman–Crippen MR) is 69.3 cm³/mol. The van der Waals surface area contributed by atoms with E-state index in [2.05, 4.69) is 10.6 Å². The summed E-state index contributed by atoms with van der Waals surface area (Å²) in [5, 5.41) is 15.0. The molecule has 0 spiro atoms. The van der Waals surface area contributed by atoms with Gasteiger partial charge in [0, 0.05) is 0 Å². The molecule has 0 bridgehead atoms. The molecule has 5 heteroatoms. The maximum Gasteiger partial charge on any atom is 0.326 e. The van der Waals surface area contributed by atoms with Crippen LogP contribution in [-0.2, 0) is 9.59 Å². The molecule has 3 N–H and O–H groups in total. The Morgan fingerprint density at radius 1 is 1.28 bits per heavy atom. The van der Waals surface area contributed by atoms with Gasteiger partial charge in [0.15, 0.2) is 0 Å². The fourth-order valence-electron chi connectivity index (χ4n) is 2.14. The summed E-state index contributed by atoms with van der Waals surface area (Å²) in [5.41, 5.74) is -0.494. The highest BCUT2D eigenvalue weighted by Gasteiger charge is 2.34. The van der Waals surface area contributed by atoms with E-state index in [0.717, 1.165) is 32.2 Å². The van der Waals surface area contributed by atoms with Crippen molar-refractivity contribution >= 4 is 11.9 Å². The molecule has 18 heavy (non-hydrogen) atoms. The fraction of sp³-hybridized carbons (Fsp3) is 0.846. The maximum atomic E-state index is 12.1. The van der Waals surface area contributed by atoms with Crippen molar-refractivity contribution in [3.8, 4) is 0 Å². The fourth-order valence-corrected chi connectivity index (χ4v) is 2.14. The molecule has 0 aromatic carbocycles. The minimum absolute atomic E-state index is 0.195. The van der Waals surface area contributed by atoms with Crippen LogP contribution in [-0.4, -0.2) is 35.6 Å². The van der Waals surface area contributed by atoms with Gasteiger partial charge in [-0.25, -0.2) is 4.79 Å². The molecule has 1 saturated heterocycles.